The lowest BCUT2D eigenvalue weighted by atomic mass is 10.1. The number of halogens is 1. The SMILES string of the molecule is C[C@@H](NS(=O)(=O)Cc1ccc(Br)cc1)c1ccc(S(C)(=O)=O)cc1. The Kier molecular flexibility index (Phi) is 5.85. The summed E-state index contributed by atoms with van der Waals surface area (Å²) in [6, 6.07) is 12.8. The molecule has 0 saturated carbocycles. The lowest BCUT2D eigenvalue weighted by molar-refractivity contribution is 0.565. The van der Waals surface area contributed by atoms with Gasteiger partial charge in [-0.2, -0.15) is 0 Å². The van der Waals surface area contributed by atoms with Crippen LogP contribution in [0.2, 0.25) is 0 Å². The van der Waals surface area contributed by atoms with E-state index < -0.39 is 25.9 Å². The van der Waals surface area contributed by atoms with Gasteiger partial charge in [-0.1, -0.05) is 40.2 Å². The third-order valence-corrected chi connectivity index (χ3v) is 6.52. The smallest absolute Gasteiger partial charge is 0.216 e. The molecule has 1 atom stereocenters. The van der Waals surface area contributed by atoms with Crippen LogP contribution in [0.25, 0.3) is 0 Å². The number of hydrogen-bond acceptors (Lipinski definition) is 4. The van der Waals surface area contributed by atoms with Crippen molar-refractivity contribution in [3.63, 3.8) is 0 Å². The van der Waals surface area contributed by atoms with Crippen LogP contribution in [-0.2, 0) is 25.6 Å². The molecule has 0 amide bonds. The number of benzene rings is 2. The summed E-state index contributed by atoms with van der Waals surface area (Å²) in [6.45, 7) is 1.72. The molecular formula is C16H18BrNO4S2. The Labute approximate surface area is 151 Å². The first-order chi connectivity index (χ1) is 11.1. The van der Waals surface area contributed by atoms with Crippen LogP contribution in [-0.4, -0.2) is 23.1 Å². The van der Waals surface area contributed by atoms with Crippen molar-refractivity contribution >= 4 is 35.8 Å². The van der Waals surface area contributed by atoms with Gasteiger partial charge in [0.2, 0.25) is 10.0 Å². The molecule has 0 aliphatic heterocycles. The van der Waals surface area contributed by atoms with Crippen molar-refractivity contribution in [2.24, 2.45) is 0 Å². The maximum Gasteiger partial charge on any atom is 0.216 e. The number of hydrogen-bond donors (Lipinski definition) is 1. The van der Waals surface area contributed by atoms with E-state index in [1.807, 2.05) is 0 Å². The van der Waals surface area contributed by atoms with Gasteiger partial charge < -0.3 is 0 Å². The Hall–Kier alpha value is -1.22. The molecule has 24 heavy (non-hydrogen) atoms. The van der Waals surface area contributed by atoms with Gasteiger partial charge in [-0.3, -0.25) is 0 Å². The highest BCUT2D eigenvalue weighted by molar-refractivity contribution is 9.10. The van der Waals surface area contributed by atoms with Gasteiger partial charge in [0.25, 0.3) is 0 Å². The van der Waals surface area contributed by atoms with Crippen LogP contribution in [0.1, 0.15) is 24.1 Å². The molecule has 2 aromatic carbocycles. The van der Waals surface area contributed by atoms with Gasteiger partial charge >= 0.3 is 0 Å². The van der Waals surface area contributed by atoms with Crippen LogP contribution in [0.15, 0.2) is 57.9 Å². The van der Waals surface area contributed by atoms with Gasteiger partial charge in [0.15, 0.2) is 9.84 Å². The third-order valence-electron chi connectivity index (χ3n) is 3.43. The molecule has 1 N–H and O–H groups in total. The zero-order valence-electron chi connectivity index (χ0n) is 13.2. The third kappa shape index (κ3) is 5.41. The average Bonchev–Trinajstić information content (AvgIpc) is 2.48. The summed E-state index contributed by atoms with van der Waals surface area (Å²) in [4.78, 5) is 0.205. The number of sulfone groups is 1. The van der Waals surface area contributed by atoms with Crippen molar-refractivity contribution in [3.05, 3.63) is 64.1 Å². The molecule has 0 aromatic heterocycles. The van der Waals surface area contributed by atoms with Crippen molar-refractivity contribution in [1.82, 2.24) is 4.72 Å². The van der Waals surface area contributed by atoms with E-state index in [9.17, 15) is 16.8 Å². The molecule has 0 heterocycles. The second kappa shape index (κ2) is 7.35. The standard InChI is InChI=1S/C16H18BrNO4S2/c1-12(14-5-9-16(10-6-14)23(2,19)20)18-24(21,22)11-13-3-7-15(17)8-4-13/h3-10,12,18H,11H2,1-2H3/t12-/m1/s1. The molecule has 130 valence electrons. The van der Waals surface area contributed by atoms with Gasteiger partial charge in [-0.05, 0) is 42.3 Å². The minimum atomic E-state index is -3.52. The second-order valence-electron chi connectivity index (χ2n) is 5.57. The molecule has 0 aliphatic carbocycles. The minimum absolute atomic E-state index is 0.119. The lowest BCUT2D eigenvalue weighted by Crippen LogP contribution is -2.28. The van der Waals surface area contributed by atoms with Crippen molar-refractivity contribution < 1.29 is 16.8 Å². The number of nitrogens with one attached hydrogen (secondary N) is 1. The first kappa shape index (κ1) is 19.1. The highest BCUT2D eigenvalue weighted by Gasteiger charge is 2.17. The Morgan fingerprint density at radius 1 is 0.958 bits per heavy atom. The van der Waals surface area contributed by atoms with Crippen LogP contribution < -0.4 is 4.72 Å². The molecule has 0 radical (unpaired) electrons. The maximum absolute atomic E-state index is 12.3. The highest BCUT2D eigenvalue weighted by atomic mass is 79.9. The quantitative estimate of drug-likeness (QED) is 0.761. The fraction of sp³-hybridized carbons (Fsp3) is 0.250. The van der Waals surface area contributed by atoms with Crippen LogP contribution in [0.4, 0.5) is 0 Å². The van der Waals surface area contributed by atoms with Crippen molar-refractivity contribution in [2.45, 2.75) is 23.6 Å². The number of rotatable bonds is 6. The fourth-order valence-corrected chi connectivity index (χ4v) is 4.47. The zero-order valence-corrected chi connectivity index (χ0v) is 16.4. The Bertz CT molecular complexity index is 906. The molecule has 0 unspecified atom stereocenters. The lowest BCUT2D eigenvalue weighted by Gasteiger charge is -2.15. The summed E-state index contributed by atoms with van der Waals surface area (Å²) in [5.74, 6) is -0.119. The van der Waals surface area contributed by atoms with E-state index in [2.05, 4.69) is 20.7 Å². The van der Waals surface area contributed by atoms with E-state index in [1.54, 1.807) is 43.3 Å². The van der Waals surface area contributed by atoms with Crippen LogP contribution in [0.3, 0.4) is 0 Å². The van der Waals surface area contributed by atoms with Gasteiger partial charge in [-0.15, -0.1) is 0 Å². The largest absolute Gasteiger partial charge is 0.224 e. The Morgan fingerprint density at radius 2 is 1.50 bits per heavy atom. The van der Waals surface area contributed by atoms with Crippen molar-refractivity contribution in [2.75, 3.05) is 6.26 Å². The van der Waals surface area contributed by atoms with E-state index in [4.69, 9.17) is 0 Å². The molecule has 0 bridgehead atoms. The van der Waals surface area contributed by atoms with Crippen LogP contribution >= 0.6 is 15.9 Å². The van der Waals surface area contributed by atoms with Gasteiger partial charge in [-0.25, -0.2) is 21.6 Å². The van der Waals surface area contributed by atoms with E-state index in [-0.39, 0.29) is 10.6 Å². The van der Waals surface area contributed by atoms with Crippen LogP contribution in [0, 0.1) is 0 Å². The molecule has 0 saturated heterocycles. The summed E-state index contributed by atoms with van der Waals surface area (Å²) < 4.78 is 51.0. The molecule has 0 fully saturated rings. The summed E-state index contributed by atoms with van der Waals surface area (Å²) in [5.41, 5.74) is 1.38. The normalized spacial score (nSPS) is 13.6. The minimum Gasteiger partial charge on any atom is -0.224 e. The Balaban J connectivity index is 2.10. The predicted molar refractivity (Wildman–Crippen MR) is 97.9 cm³/mol. The van der Waals surface area contributed by atoms with E-state index >= 15 is 0 Å². The first-order valence-corrected chi connectivity index (χ1v) is 11.4. The van der Waals surface area contributed by atoms with E-state index in [0.29, 0.717) is 11.1 Å². The molecular weight excluding hydrogens is 414 g/mol. The summed E-state index contributed by atoms with van der Waals surface area (Å²) >= 11 is 3.31. The zero-order chi connectivity index (χ0) is 18.0. The summed E-state index contributed by atoms with van der Waals surface area (Å²) in [7, 11) is -6.78. The maximum atomic E-state index is 12.3. The summed E-state index contributed by atoms with van der Waals surface area (Å²) in [6.07, 6.45) is 1.13. The first-order valence-electron chi connectivity index (χ1n) is 7.11. The Morgan fingerprint density at radius 3 is 2.00 bits per heavy atom. The van der Waals surface area contributed by atoms with E-state index in [0.717, 1.165) is 10.7 Å². The van der Waals surface area contributed by atoms with Gasteiger partial charge in [0, 0.05) is 16.8 Å². The highest BCUT2D eigenvalue weighted by Crippen LogP contribution is 2.18. The average molecular weight is 432 g/mol. The predicted octanol–water partition coefficient (Wildman–Crippen LogP) is 3.03. The van der Waals surface area contributed by atoms with Gasteiger partial charge in [0.1, 0.15) is 0 Å². The number of sulfonamides is 1. The fourth-order valence-electron chi connectivity index (χ4n) is 2.18. The van der Waals surface area contributed by atoms with Crippen molar-refractivity contribution in [3.8, 4) is 0 Å². The molecule has 5 nitrogen and oxygen atoms in total. The molecule has 0 spiro atoms. The molecule has 2 aromatic rings. The monoisotopic (exact) mass is 431 g/mol. The van der Waals surface area contributed by atoms with E-state index in [1.165, 1.54) is 12.1 Å². The topological polar surface area (TPSA) is 80.3 Å². The van der Waals surface area contributed by atoms with Crippen molar-refractivity contribution in [1.29, 1.82) is 0 Å². The second-order valence-corrected chi connectivity index (χ2v) is 10.3. The molecule has 2 rings (SSSR count). The molecule has 8 heteroatoms. The molecule has 0 aliphatic rings. The van der Waals surface area contributed by atoms with Gasteiger partial charge in [0.05, 0.1) is 10.6 Å². The summed E-state index contributed by atoms with van der Waals surface area (Å²) in [5, 5.41) is 0. The van der Waals surface area contributed by atoms with Crippen LogP contribution in [0.5, 0.6) is 0 Å².